The number of nitrogens with zero attached hydrogens (tertiary/aromatic N) is 1. The standard InChI is InChI=1S/C20H26ClNO3Se/c1-13(2)11-14-12-16(23)17(26-15-9-7-6-8-10-15)18(21)22(14)19(24)25-20(3,4)5/h6-10,13-14H,11-12H2,1-5H3. The van der Waals surface area contributed by atoms with Crippen LogP contribution in [0.15, 0.2) is 40.0 Å². The Labute approximate surface area is 167 Å². The predicted octanol–water partition coefficient (Wildman–Crippen LogP) is 4.05. The van der Waals surface area contributed by atoms with E-state index in [-0.39, 0.29) is 38.4 Å². The van der Waals surface area contributed by atoms with Crippen molar-refractivity contribution in [2.75, 3.05) is 0 Å². The molecule has 6 heteroatoms. The van der Waals surface area contributed by atoms with Crippen molar-refractivity contribution in [3.63, 3.8) is 0 Å². The monoisotopic (exact) mass is 443 g/mol. The van der Waals surface area contributed by atoms with Crippen LogP contribution in [0.1, 0.15) is 47.5 Å². The number of Topliss-reactive ketones (excluding diaryl/α,β-unsaturated/α-hetero) is 1. The normalized spacial score (nSPS) is 18.5. The van der Waals surface area contributed by atoms with E-state index in [1.54, 1.807) is 0 Å². The van der Waals surface area contributed by atoms with E-state index < -0.39 is 11.7 Å². The molecule has 0 bridgehead atoms. The quantitative estimate of drug-likeness (QED) is 0.522. The first-order valence-corrected chi connectivity index (χ1v) is 10.9. The summed E-state index contributed by atoms with van der Waals surface area (Å²) >= 11 is 6.34. The Kier molecular flexibility index (Phi) is 6.95. The maximum absolute atomic E-state index is 12.8. The van der Waals surface area contributed by atoms with Gasteiger partial charge in [0.25, 0.3) is 0 Å². The van der Waals surface area contributed by atoms with Crippen molar-refractivity contribution < 1.29 is 14.3 Å². The SMILES string of the molecule is CC(C)CC1CC(=O)C([Se]c2ccccc2)=C(Cl)N1C(=O)OC(C)(C)C. The first-order chi connectivity index (χ1) is 12.1. The summed E-state index contributed by atoms with van der Waals surface area (Å²) < 4.78 is 7.14. The van der Waals surface area contributed by atoms with Gasteiger partial charge in [-0.25, -0.2) is 0 Å². The molecule has 0 aliphatic carbocycles. The van der Waals surface area contributed by atoms with Crippen LogP contribution in [-0.2, 0) is 9.53 Å². The van der Waals surface area contributed by atoms with E-state index >= 15 is 0 Å². The van der Waals surface area contributed by atoms with Gasteiger partial charge in [0.05, 0.1) is 0 Å². The van der Waals surface area contributed by atoms with Crippen LogP contribution in [0.25, 0.3) is 0 Å². The van der Waals surface area contributed by atoms with Gasteiger partial charge in [-0.1, -0.05) is 0 Å². The van der Waals surface area contributed by atoms with Gasteiger partial charge in [0.15, 0.2) is 0 Å². The number of hydrogen-bond donors (Lipinski definition) is 0. The summed E-state index contributed by atoms with van der Waals surface area (Å²) in [4.78, 5) is 27.0. The zero-order valence-electron chi connectivity index (χ0n) is 15.9. The van der Waals surface area contributed by atoms with Crippen molar-refractivity contribution >= 4 is 42.9 Å². The summed E-state index contributed by atoms with van der Waals surface area (Å²) in [6.45, 7) is 9.61. The molecule has 1 aromatic carbocycles. The number of carbonyl (C=O) groups is 2. The fourth-order valence-electron chi connectivity index (χ4n) is 2.76. The zero-order chi connectivity index (χ0) is 19.5. The Hall–Kier alpha value is -1.29. The topological polar surface area (TPSA) is 46.6 Å². The van der Waals surface area contributed by atoms with Crippen molar-refractivity contribution in [1.82, 2.24) is 4.90 Å². The second-order valence-corrected chi connectivity index (χ2v) is 10.4. The molecule has 1 atom stereocenters. The van der Waals surface area contributed by atoms with Gasteiger partial charge < -0.3 is 0 Å². The number of carbonyl (C=O) groups excluding carboxylic acids is 2. The second kappa shape index (κ2) is 8.60. The van der Waals surface area contributed by atoms with Crippen molar-refractivity contribution in [3.8, 4) is 0 Å². The molecule has 0 N–H and O–H groups in total. The molecule has 1 aliphatic rings. The van der Waals surface area contributed by atoms with Crippen molar-refractivity contribution in [1.29, 1.82) is 0 Å². The summed E-state index contributed by atoms with van der Waals surface area (Å²) in [6, 6.07) is 9.49. The first kappa shape index (κ1) is 21.0. The number of benzene rings is 1. The summed E-state index contributed by atoms with van der Waals surface area (Å²) in [7, 11) is 0. The molecular weight excluding hydrogens is 417 g/mol. The van der Waals surface area contributed by atoms with Gasteiger partial charge in [-0.2, -0.15) is 0 Å². The molecule has 0 aromatic heterocycles. The molecule has 0 fully saturated rings. The number of rotatable bonds is 4. The Bertz CT molecular complexity index is 695. The van der Waals surface area contributed by atoms with Crippen LogP contribution in [0, 0.1) is 5.92 Å². The van der Waals surface area contributed by atoms with Crippen LogP contribution in [0.2, 0.25) is 0 Å². The molecule has 0 spiro atoms. The molecule has 1 aromatic rings. The molecule has 0 saturated heterocycles. The molecule has 1 heterocycles. The third kappa shape index (κ3) is 5.60. The van der Waals surface area contributed by atoms with Crippen LogP contribution >= 0.6 is 11.6 Å². The third-order valence-electron chi connectivity index (χ3n) is 3.74. The van der Waals surface area contributed by atoms with Gasteiger partial charge in [-0.05, 0) is 0 Å². The van der Waals surface area contributed by atoms with Gasteiger partial charge in [0.2, 0.25) is 0 Å². The number of allylic oxidation sites excluding steroid dienone is 1. The number of hydrogen-bond acceptors (Lipinski definition) is 3. The molecular formula is C20H26ClNO3Se. The van der Waals surface area contributed by atoms with E-state index in [0.717, 1.165) is 4.46 Å². The van der Waals surface area contributed by atoms with Crippen molar-refractivity contribution in [2.45, 2.75) is 59.1 Å². The number of halogens is 1. The van der Waals surface area contributed by atoms with Gasteiger partial charge >= 0.3 is 167 Å². The van der Waals surface area contributed by atoms with Crippen LogP contribution in [0.3, 0.4) is 0 Å². The zero-order valence-corrected chi connectivity index (χ0v) is 18.4. The first-order valence-electron chi connectivity index (χ1n) is 8.76. The minimum atomic E-state index is -0.622. The molecule has 0 radical (unpaired) electrons. The molecule has 1 aliphatic heterocycles. The van der Waals surface area contributed by atoms with Gasteiger partial charge in [-0.15, -0.1) is 0 Å². The Balaban J connectivity index is 2.38. The van der Waals surface area contributed by atoms with Gasteiger partial charge in [-0.3, -0.25) is 0 Å². The fourth-order valence-corrected chi connectivity index (χ4v) is 5.18. The number of amides is 1. The molecule has 142 valence electrons. The summed E-state index contributed by atoms with van der Waals surface area (Å²) in [6.07, 6.45) is 0.506. The van der Waals surface area contributed by atoms with Gasteiger partial charge in [0, 0.05) is 0 Å². The van der Waals surface area contributed by atoms with E-state index in [2.05, 4.69) is 13.8 Å². The van der Waals surface area contributed by atoms with Crippen LogP contribution in [-0.4, -0.2) is 43.4 Å². The van der Waals surface area contributed by atoms with E-state index in [1.165, 1.54) is 4.90 Å². The summed E-state index contributed by atoms with van der Waals surface area (Å²) in [5.41, 5.74) is -0.622. The predicted molar refractivity (Wildman–Crippen MR) is 106 cm³/mol. The maximum atomic E-state index is 12.8. The summed E-state index contributed by atoms with van der Waals surface area (Å²) in [5.74, 6) is 0.368. The fraction of sp³-hybridized carbons (Fsp3) is 0.500. The number of ether oxygens (including phenoxy) is 1. The van der Waals surface area contributed by atoms with Gasteiger partial charge in [0.1, 0.15) is 0 Å². The Morgan fingerprint density at radius 3 is 2.46 bits per heavy atom. The third-order valence-corrected chi connectivity index (χ3v) is 6.74. The van der Waals surface area contributed by atoms with Crippen LogP contribution in [0.5, 0.6) is 0 Å². The van der Waals surface area contributed by atoms with Crippen LogP contribution < -0.4 is 4.46 Å². The average Bonchev–Trinajstić information content (AvgIpc) is 2.50. The summed E-state index contributed by atoms with van der Waals surface area (Å²) in [5, 5.41) is 0.227. The molecule has 1 amide bonds. The molecule has 1 unspecified atom stereocenters. The minimum absolute atomic E-state index is 0.0318. The molecule has 26 heavy (non-hydrogen) atoms. The van der Waals surface area contributed by atoms with Crippen LogP contribution in [0.4, 0.5) is 4.79 Å². The number of ketones is 1. The second-order valence-electron chi connectivity index (χ2n) is 7.80. The molecule has 0 saturated carbocycles. The Morgan fingerprint density at radius 1 is 1.31 bits per heavy atom. The Morgan fingerprint density at radius 2 is 1.92 bits per heavy atom. The molecule has 2 rings (SSSR count). The van der Waals surface area contributed by atoms with Crippen molar-refractivity contribution in [3.05, 3.63) is 40.0 Å². The van der Waals surface area contributed by atoms with Crippen molar-refractivity contribution in [2.24, 2.45) is 5.92 Å². The van der Waals surface area contributed by atoms with E-state index in [9.17, 15) is 9.59 Å². The van der Waals surface area contributed by atoms with E-state index in [1.807, 2.05) is 51.1 Å². The van der Waals surface area contributed by atoms with E-state index in [4.69, 9.17) is 16.3 Å². The molecule has 4 nitrogen and oxygen atoms in total. The average molecular weight is 443 g/mol. The van der Waals surface area contributed by atoms with E-state index in [0.29, 0.717) is 16.8 Å².